The van der Waals surface area contributed by atoms with Crippen LogP contribution in [0.5, 0.6) is 11.8 Å². The molecule has 2 unspecified atom stereocenters. The maximum atomic E-state index is 16.1. The van der Waals surface area contributed by atoms with E-state index < -0.39 is 29.1 Å². The number of aromatic hydroxyl groups is 1. The Balaban J connectivity index is 1.32. The molecule has 3 aliphatic heterocycles. The second kappa shape index (κ2) is 8.97. The van der Waals surface area contributed by atoms with Gasteiger partial charge in [-0.2, -0.15) is 9.97 Å². The first kappa shape index (κ1) is 23.9. The van der Waals surface area contributed by atoms with E-state index in [1.165, 1.54) is 37.6 Å². The lowest BCUT2D eigenvalue weighted by molar-refractivity contribution is 0.107. The smallest absolute Gasteiger partial charge is 0.319 e. The number of phenolic OH excluding ortho intramolecular Hbond substituents is 1. The number of ether oxygens (including phenoxy) is 1. The Morgan fingerprint density at radius 3 is 2.71 bits per heavy atom. The number of hydrogen-bond acceptors (Lipinski definition) is 7. The summed E-state index contributed by atoms with van der Waals surface area (Å²) in [5, 5.41) is 10.7. The Bertz CT molecular complexity index is 1370. The van der Waals surface area contributed by atoms with Gasteiger partial charge in [-0.3, -0.25) is 9.88 Å². The van der Waals surface area contributed by atoms with Gasteiger partial charge in [0.1, 0.15) is 41.4 Å². The van der Waals surface area contributed by atoms with Gasteiger partial charge < -0.3 is 14.7 Å². The number of halogens is 3. The van der Waals surface area contributed by atoms with Crippen LogP contribution < -0.4 is 9.64 Å². The van der Waals surface area contributed by atoms with Crippen molar-refractivity contribution in [1.82, 2.24) is 19.9 Å². The number of benzene rings is 1. The van der Waals surface area contributed by atoms with Crippen molar-refractivity contribution < 1.29 is 23.0 Å². The lowest BCUT2D eigenvalue weighted by Gasteiger charge is -2.34. The number of nitrogens with zero attached hydrogens (tertiary/aromatic N) is 5. The van der Waals surface area contributed by atoms with Crippen molar-refractivity contribution in [3.63, 3.8) is 0 Å². The number of anilines is 1. The predicted molar refractivity (Wildman–Crippen MR) is 136 cm³/mol. The zero-order valence-corrected chi connectivity index (χ0v) is 21.0. The Hall–Kier alpha value is -3.14. The van der Waals surface area contributed by atoms with Crippen molar-refractivity contribution in [3.8, 4) is 23.0 Å². The Morgan fingerprint density at radius 2 is 1.92 bits per heavy atom. The molecule has 1 aliphatic carbocycles. The van der Waals surface area contributed by atoms with Gasteiger partial charge >= 0.3 is 6.01 Å². The quantitative estimate of drug-likeness (QED) is 0.510. The number of pyridine rings is 1. The molecule has 1 aromatic carbocycles. The molecule has 1 saturated carbocycles. The zero-order chi connectivity index (χ0) is 26.0. The SMILES string of the molecule is Oc1cccc(F)c1-c1ncc2c(N3CC4CCC(C4)C3)nc(OC[C@@]34CCCN3C[C@H](F)C4)nc2c1F. The van der Waals surface area contributed by atoms with Gasteiger partial charge in [0.15, 0.2) is 5.82 Å². The van der Waals surface area contributed by atoms with Crippen molar-refractivity contribution in [1.29, 1.82) is 0 Å². The van der Waals surface area contributed by atoms with E-state index in [9.17, 15) is 13.9 Å². The molecule has 4 fully saturated rings. The van der Waals surface area contributed by atoms with Crippen LogP contribution in [0.15, 0.2) is 24.4 Å². The van der Waals surface area contributed by atoms with Crippen LogP contribution in [0.4, 0.5) is 19.0 Å². The lowest BCUT2D eigenvalue weighted by atomic mass is 9.95. The van der Waals surface area contributed by atoms with E-state index in [1.54, 1.807) is 0 Å². The van der Waals surface area contributed by atoms with Crippen LogP contribution in [0.2, 0.25) is 0 Å². The number of rotatable bonds is 5. The van der Waals surface area contributed by atoms with Crippen LogP contribution in [0, 0.1) is 23.5 Å². The van der Waals surface area contributed by atoms with Gasteiger partial charge in [-0.15, -0.1) is 0 Å². The third-order valence-corrected chi connectivity index (χ3v) is 9.01. The van der Waals surface area contributed by atoms with Gasteiger partial charge in [0.05, 0.1) is 16.5 Å². The number of phenols is 1. The first-order valence-corrected chi connectivity index (χ1v) is 13.5. The Kier molecular flexibility index (Phi) is 5.65. The normalized spacial score (nSPS) is 28.8. The number of fused-ring (bicyclic) bond motifs is 4. The molecule has 4 atom stereocenters. The topological polar surface area (TPSA) is 74.6 Å². The Labute approximate surface area is 218 Å². The molecule has 3 saturated heterocycles. The maximum Gasteiger partial charge on any atom is 0.319 e. The molecule has 0 amide bonds. The molecule has 7 rings (SSSR count). The van der Waals surface area contributed by atoms with Gasteiger partial charge in [-0.05, 0) is 62.6 Å². The van der Waals surface area contributed by atoms with Crippen LogP contribution in [-0.4, -0.2) is 69.5 Å². The van der Waals surface area contributed by atoms with Crippen molar-refractivity contribution in [2.75, 3.05) is 37.7 Å². The van der Waals surface area contributed by atoms with Gasteiger partial charge in [0, 0.05) is 32.3 Å². The second-order valence-corrected chi connectivity index (χ2v) is 11.5. The molecule has 7 nitrogen and oxygen atoms in total. The molecular formula is C28H30F3N5O2. The van der Waals surface area contributed by atoms with Crippen molar-refractivity contribution in [2.24, 2.45) is 11.8 Å². The monoisotopic (exact) mass is 525 g/mol. The van der Waals surface area contributed by atoms with Crippen LogP contribution in [0.1, 0.15) is 38.5 Å². The maximum absolute atomic E-state index is 16.1. The summed E-state index contributed by atoms with van der Waals surface area (Å²) in [5.41, 5.74) is -1.07. The molecule has 2 aromatic heterocycles. The highest BCUT2D eigenvalue weighted by atomic mass is 19.1. The average Bonchev–Trinajstić information content (AvgIpc) is 3.54. The van der Waals surface area contributed by atoms with E-state index in [0.29, 0.717) is 36.0 Å². The summed E-state index contributed by atoms with van der Waals surface area (Å²) in [6.07, 6.45) is 6.30. The standard InChI is InChI=1S/C28H30F3N5O2/c29-18-10-28(7-2-8-36(28)14-18)15-38-27-33-24-19(26(34-27)35-12-16-5-6-17(9-16)13-35)11-32-25(23(24)31)22-20(30)3-1-4-21(22)37/h1,3-4,11,16-18,37H,2,5-10,12-15H2/t16?,17?,18-,28+/m1/s1. The summed E-state index contributed by atoms with van der Waals surface area (Å²) in [7, 11) is 0. The van der Waals surface area contributed by atoms with Crippen LogP contribution in [0.25, 0.3) is 22.2 Å². The highest BCUT2D eigenvalue weighted by Crippen LogP contribution is 2.43. The van der Waals surface area contributed by atoms with Gasteiger partial charge in [0.2, 0.25) is 0 Å². The molecule has 0 radical (unpaired) electrons. The number of aromatic nitrogens is 3. The van der Waals surface area contributed by atoms with Crippen molar-refractivity contribution >= 4 is 16.7 Å². The molecule has 5 heterocycles. The average molecular weight is 526 g/mol. The van der Waals surface area contributed by atoms with Gasteiger partial charge in [0.25, 0.3) is 0 Å². The lowest BCUT2D eigenvalue weighted by Crippen LogP contribution is -2.43. The summed E-state index contributed by atoms with van der Waals surface area (Å²) in [4.78, 5) is 17.7. The minimum absolute atomic E-state index is 0.0164. The van der Waals surface area contributed by atoms with Crippen molar-refractivity contribution in [2.45, 2.75) is 50.2 Å². The minimum atomic E-state index is -0.893. The fraction of sp³-hybridized carbons (Fsp3) is 0.536. The largest absolute Gasteiger partial charge is 0.507 e. The molecular weight excluding hydrogens is 495 g/mol. The fourth-order valence-electron chi connectivity index (χ4n) is 7.28. The predicted octanol–water partition coefficient (Wildman–Crippen LogP) is 4.87. The third kappa shape index (κ3) is 3.87. The second-order valence-electron chi connectivity index (χ2n) is 11.5. The Morgan fingerprint density at radius 1 is 1.11 bits per heavy atom. The van der Waals surface area contributed by atoms with E-state index in [0.717, 1.165) is 38.5 Å². The van der Waals surface area contributed by atoms with Crippen LogP contribution >= 0.6 is 0 Å². The fourth-order valence-corrected chi connectivity index (χ4v) is 7.28. The third-order valence-electron chi connectivity index (χ3n) is 9.01. The van der Waals surface area contributed by atoms with E-state index >= 15 is 4.39 Å². The van der Waals surface area contributed by atoms with Crippen LogP contribution in [0.3, 0.4) is 0 Å². The van der Waals surface area contributed by atoms with E-state index in [4.69, 9.17) is 9.72 Å². The number of hydrogen-bond donors (Lipinski definition) is 1. The molecule has 1 N–H and O–H groups in total. The minimum Gasteiger partial charge on any atom is -0.507 e. The summed E-state index contributed by atoms with van der Waals surface area (Å²) in [6.45, 7) is 3.07. The summed E-state index contributed by atoms with van der Waals surface area (Å²) in [5.74, 6) is -0.370. The highest BCUT2D eigenvalue weighted by Gasteiger charge is 2.49. The zero-order valence-electron chi connectivity index (χ0n) is 21.0. The van der Waals surface area contributed by atoms with E-state index in [-0.39, 0.29) is 29.4 Å². The summed E-state index contributed by atoms with van der Waals surface area (Å²) < 4.78 is 51.1. The van der Waals surface area contributed by atoms with Gasteiger partial charge in [-0.25, -0.2) is 13.2 Å². The molecule has 2 bridgehead atoms. The molecule has 200 valence electrons. The molecule has 38 heavy (non-hydrogen) atoms. The molecule has 0 spiro atoms. The molecule has 10 heteroatoms. The first-order valence-electron chi connectivity index (χ1n) is 13.5. The number of alkyl halides is 1. The highest BCUT2D eigenvalue weighted by molar-refractivity contribution is 5.92. The molecule has 4 aliphatic rings. The van der Waals surface area contributed by atoms with Crippen LogP contribution in [-0.2, 0) is 0 Å². The first-order chi connectivity index (χ1) is 18.4. The van der Waals surface area contributed by atoms with Crippen molar-refractivity contribution in [3.05, 3.63) is 36.0 Å². The van der Waals surface area contributed by atoms with E-state index in [1.807, 2.05) is 0 Å². The summed E-state index contributed by atoms with van der Waals surface area (Å²) >= 11 is 0. The number of piperidine rings is 1. The van der Waals surface area contributed by atoms with E-state index in [2.05, 4.69) is 19.8 Å². The van der Waals surface area contributed by atoms with Gasteiger partial charge in [-0.1, -0.05) is 6.07 Å². The molecule has 3 aromatic rings. The summed E-state index contributed by atoms with van der Waals surface area (Å²) in [6, 6.07) is 3.80.